The third-order valence-electron chi connectivity index (χ3n) is 5.42. The Morgan fingerprint density at radius 1 is 1.00 bits per heavy atom. The monoisotopic (exact) mass is 485 g/mol. The molecular weight excluding hydrogens is 457 g/mol. The van der Waals surface area contributed by atoms with E-state index >= 15 is 0 Å². The van der Waals surface area contributed by atoms with Crippen molar-refractivity contribution in [3.05, 3.63) is 107 Å². The molecule has 36 heavy (non-hydrogen) atoms. The minimum Gasteiger partial charge on any atom is -0.466 e. The molecule has 0 saturated carbocycles. The van der Waals surface area contributed by atoms with Gasteiger partial charge in [0, 0.05) is 29.0 Å². The number of anilines is 2. The number of hydrogen-bond acceptors (Lipinski definition) is 5. The molecule has 6 nitrogen and oxygen atoms in total. The summed E-state index contributed by atoms with van der Waals surface area (Å²) in [5, 5.41) is 14.3. The predicted molar refractivity (Wildman–Crippen MR) is 143 cm³/mol. The SMILES string of the molecule is C=Cc1ccc(C(=O)Nc2ccc(CNc3ccc(F)cc3C(=N)CC(=O)OCC)cc2)cc1C=C. The van der Waals surface area contributed by atoms with Gasteiger partial charge in [-0.2, -0.15) is 0 Å². The van der Waals surface area contributed by atoms with E-state index in [1.165, 1.54) is 18.2 Å². The van der Waals surface area contributed by atoms with E-state index in [4.69, 9.17) is 10.1 Å². The molecule has 3 rings (SSSR count). The molecule has 3 N–H and O–H groups in total. The van der Waals surface area contributed by atoms with Gasteiger partial charge in [-0.05, 0) is 66.1 Å². The largest absolute Gasteiger partial charge is 0.466 e. The van der Waals surface area contributed by atoms with Crippen molar-refractivity contribution >= 4 is 41.1 Å². The van der Waals surface area contributed by atoms with Crippen molar-refractivity contribution in [2.24, 2.45) is 0 Å². The number of hydrogen-bond donors (Lipinski definition) is 3. The van der Waals surface area contributed by atoms with Crippen LogP contribution >= 0.6 is 0 Å². The molecule has 0 aromatic heterocycles. The third-order valence-corrected chi connectivity index (χ3v) is 5.42. The molecule has 0 unspecified atom stereocenters. The van der Waals surface area contributed by atoms with Crippen molar-refractivity contribution in [3.8, 4) is 0 Å². The predicted octanol–water partition coefficient (Wildman–Crippen LogP) is 6.30. The van der Waals surface area contributed by atoms with E-state index in [-0.39, 0.29) is 24.6 Å². The van der Waals surface area contributed by atoms with Crippen molar-refractivity contribution in [2.75, 3.05) is 17.2 Å². The zero-order chi connectivity index (χ0) is 26.1. The molecule has 0 aliphatic carbocycles. The van der Waals surface area contributed by atoms with Crippen LogP contribution in [-0.4, -0.2) is 24.2 Å². The van der Waals surface area contributed by atoms with Crippen molar-refractivity contribution in [1.29, 1.82) is 5.41 Å². The fourth-order valence-electron chi connectivity index (χ4n) is 3.56. The average molecular weight is 486 g/mol. The summed E-state index contributed by atoms with van der Waals surface area (Å²) in [4.78, 5) is 24.4. The van der Waals surface area contributed by atoms with Crippen LogP contribution in [0, 0.1) is 11.2 Å². The van der Waals surface area contributed by atoms with Gasteiger partial charge < -0.3 is 20.8 Å². The summed E-state index contributed by atoms with van der Waals surface area (Å²) in [5.74, 6) is -1.27. The van der Waals surface area contributed by atoms with E-state index in [0.717, 1.165) is 16.7 Å². The van der Waals surface area contributed by atoms with Crippen LogP contribution in [-0.2, 0) is 16.1 Å². The third kappa shape index (κ3) is 6.76. The zero-order valence-corrected chi connectivity index (χ0v) is 20.1. The Morgan fingerprint density at radius 3 is 2.39 bits per heavy atom. The van der Waals surface area contributed by atoms with Crippen LogP contribution in [0.2, 0.25) is 0 Å². The number of amides is 1. The summed E-state index contributed by atoms with van der Waals surface area (Å²) in [5.41, 5.74) is 4.58. The fourth-order valence-corrected chi connectivity index (χ4v) is 3.56. The molecule has 0 aliphatic rings. The van der Waals surface area contributed by atoms with Crippen LogP contribution in [0.3, 0.4) is 0 Å². The highest BCUT2D eigenvalue weighted by molar-refractivity contribution is 6.10. The molecule has 0 fully saturated rings. The van der Waals surface area contributed by atoms with Gasteiger partial charge in [-0.1, -0.05) is 43.5 Å². The van der Waals surface area contributed by atoms with Crippen LogP contribution < -0.4 is 10.6 Å². The molecule has 3 aromatic rings. The highest BCUT2D eigenvalue weighted by Crippen LogP contribution is 2.21. The normalized spacial score (nSPS) is 10.3. The maximum absolute atomic E-state index is 13.8. The van der Waals surface area contributed by atoms with Gasteiger partial charge in [-0.25, -0.2) is 4.39 Å². The molecule has 7 heteroatoms. The van der Waals surface area contributed by atoms with Gasteiger partial charge in [0.2, 0.25) is 0 Å². The van der Waals surface area contributed by atoms with E-state index in [9.17, 15) is 14.0 Å². The van der Waals surface area contributed by atoms with E-state index in [2.05, 4.69) is 23.8 Å². The Kier molecular flexibility index (Phi) is 8.89. The minimum atomic E-state index is -0.535. The highest BCUT2D eigenvalue weighted by atomic mass is 19.1. The Balaban J connectivity index is 1.65. The van der Waals surface area contributed by atoms with E-state index < -0.39 is 11.8 Å². The lowest BCUT2D eigenvalue weighted by molar-refractivity contribution is -0.141. The summed E-state index contributed by atoms with van der Waals surface area (Å²) in [6.45, 7) is 9.83. The van der Waals surface area contributed by atoms with Crippen molar-refractivity contribution in [1.82, 2.24) is 0 Å². The molecule has 0 radical (unpaired) electrons. The summed E-state index contributed by atoms with van der Waals surface area (Å²) >= 11 is 0. The summed E-state index contributed by atoms with van der Waals surface area (Å²) in [6.07, 6.45) is 3.15. The minimum absolute atomic E-state index is 0.0331. The van der Waals surface area contributed by atoms with Crippen molar-refractivity contribution < 1.29 is 18.7 Å². The smallest absolute Gasteiger partial charge is 0.311 e. The lowest BCUT2D eigenvalue weighted by Gasteiger charge is -2.14. The summed E-state index contributed by atoms with van der Waals surface area (Å²) in [7, 11) is 0. The first-order valence-corrected chi connectivity index (χ1v) is 11.4. The van der Waals surface area contributed by atoms with Crippen LogP contribution in [0.1, 0.15) is 46.0 Å². The molecule has 0 spiro atoms. The number of benzene rings is 3. The average Bonchev–Trinajstić information content (AvgIpc) is 2.88. The number of nitrogens with one attached hydrogen (secondary N) is 3. The Labute approximate surface area is 210 Å². The number of ether oxygens (including phenoxy) is 1. The molecule has 0 saturated heterocycles. The first-order chi connectivity index (χ1) is 17.3. The molecule has 0 aliphatic heterocycles. The van der Waals surface area contributed by atoms with Gasteiger partial charge in [0.05, 0.1) is 18.7 Å². The van der Waals surface area contributed by atoms with Gasteiger partial charge in [-0.3, -0.25) is 9.59 Å². The van der Waals surface area contributed by atoms with Crippen molar-refractivity contribution in [3.63, 3.8) is 0 Å². The van der Waals surface area contributed by atoms with Crippen molar-refractivity contribution in [2.45, 2.75) is 19.9 Å². The van der Waals surface area contributed by atoms with Crippen LogP contribution in [0.5, 0.6) is 0 Å². The lowest BCUT2D eigenvalue weighted by Crippen LogP contribution is -2.14. The van der Waals surface area contributed by atoms with E-state index in [0.29, 0.717) is 29.0 Å². The molecule has 0 atom stereocenters. The molecule has 0 heterocycles. The van der Waals surface area contributed by atoms with Gasteiger partial charge in [0.1, 0.15) is 5.82 Å². The fraction of sp³-hybridized carbons (Fsp3) is 0.138. The molecule has 0 bridgehead atoms. The Bertz CT molecular complexity index is 1300. The zero-order valence-electron chi connectivity index (χ0n) is 20.1. The molecular formula is C29H28FN3O3. The van der Waals surface area contributed by atoms with Gasteiger partial charge in [0.15, 0.2) is 0 Å². The van der Waals surface area contributed by atoms with E-state index in [1.54, 1.807) is 43.3 Å². The molecule has 184 valence electrons. The lowest BCUT2D eigenvalue weighted by atomic mass is 10.0. The number of carbonyl (C=O) groups is 2. The maximum atomic E-state index is 13.8. The maximum Gasteiger partial charge on any atom is 0.311 e. The Hall–Kier alpha value is -4.52. The second kappa shape index (κ2) is 12.3. The second-order valence-corrected chi connectivity index (χ2v) is 7.91. The number of esters is 1. The highest BCUT2D eigenvalue weighted by Gasteiger charge is 2.14. The topological polar surface area (TPSA) is 91.3 Å². The molecule has 1 amide bonds. The second-order valence-electron chi connectivity index (χ2n) is 7.91. The quantitative estimate of drug-likeness (QED) is 0.220. The first kappa shape index (κ1) is 26.1. The van der Waals surface area contributed by atoms with Crippen LogP contribution in [0.15, 0.2) is 73.8 Å². The number of rotatable bonds is 11. The standard InChI is InChI=1S/C29H28FN3O3/c1-4-20-9-10-22(15-21(20)5-2)29(35)33-24-12-7-19(8-13-24)18-32-27-14-11-23(30)16-25(27)26(31)17-28(34)36-6-3/h4-5,7-16,31-32H,1-2,6,17-18H2,3H3,(H,33,35). The number of halogens is 1. The van der Waals surface area contributed by atoms with E-state index in [1.807, 2.05) is 18.2 Å². The van der Waals surface area contributed by atoms with Gasteiger partial charge in [-0.15, -0.1) is 0 Å². The summed E-state index contributed by atoms with van der Waals surface area (Å²) in [6, 6.07) is 16.7. The first-order valence-electron chi connectivity index (χ1n) is 11.4. The molecule has 3 aromatic carbocycles. The van der Waals surface area contributed by atoms with Gasteiger partial charge in [0.25, 0.3) is 5.91 Å². The number of carbonyl (C=O) groups excluding carboxylic acids is 2. The summed E-state index contributed by atoms with van der Waals surface area (Å²) < 4.78 is 18.7. The van der Waals surface area contributed by atoms with Gasteiger partial charge >= 0.3 is 5.97 Å². The van der Waals surface area contributed by atoms with Crippen LogP contribution in [0.25, 0.3) is 12.2 Å². The Morgan fingerprint density at radius 2 is 1.72 bits per heavy atom. The van der Waals surface area contributed by atoms with Crippen LogP contribution in [0.4, 0.5) is 15.8 Å².